The van der Waals surface area contributed by atoms with Crippen molar-refractivity contribution in [3.05, 3.63) is 0 Å². The van der Waals surface area contributed by atoms with Crippen LogP contribution in [0.3, 0.4) is 0 Å². The average molecular weight is 396 g/mol. The first-order valence-corrected chi connectivity index (χ1v) is 5.01. The minimum absolute atomic E-state index is 0.375. The lowest BCUT2D eigenvalue weighted by Crippen LogP contribution is -2.14. The van der Waals surface area contributed by atoms with Crippen molar-refractivity contribution in [1.82, 2.24) is 0 Å². The van der Waals surface area contributed by atoms with Gasteiger partial charge in [-0.2, -0.15) is 0 Å². The van der Waals surface area contributed by atoms with Gasteiger partial charge in [0.2, 0.25) is 6.97 Å². The van der Waals surface area contributed by atoms with Crippen molar-refractivity contribution in [3.8, 4) is 0 Å². The molecule has 0 amide bonds. The van der Waals surface area contributed by atoms with Crippen LogP contribution < -0.4 is 0 Å². The summed E-state index contributed by atoms with van der Waals surface area (Å²) in [5.74, 6) is 0. The van der Waals surface area contributed by atoms with E-state index >= 15 is 0 Å². The zero-order valence-electron chi connectivity index (χ0n) is 3.97. The maximum Gasteiger partial charge on any atom is 0.223 e. The monoisotopic (exact) mass is 392 g/mol. The standard InChI is InChI=1S/C3H2Br4F2/c4-2(5,8)1-3(6,7)9/h1H2. The van der Waals surface area contributed by atoms with E-state index in [0.717, 1.165) is 0 Å². The number of rotatable bonds is 2. The summed E-state index contributed by atoms with van der Waals surface area (Å²) in [5.41, 5.74) is 0. The maximum absolute atomic E-state index is 12.4. The Morgan fingerprint density at radius 1 is 0.889 bits per heavy atom. The first-order valence-electron chi connectivity index (χ1n) is 1.84. The van der Waals surface area contributed by atoms with Crippen LogP contribution in [0.2, 0.25) is 0 Å². The zero-order chi connectivity index (χ0) is 7.71. The Balaban J connectivity index is 3.75. The van der Waals surface area contributed by atoms with Crippen LogP contribution >= 0.6 is 63.7 Å². The Kier molecular flexibility index (Phi) is 4.13. The summed E-state index contributed by atoms with van der Waals surface area (Å²) >= 11 is 10.3. The number of alkyl halides is 6. The van der Waals surface area contributed by atoms with Crippen molar-refractivity contribution in [2.24, 2.45) is 0 Å². The van der Waals surface area contributed by atoms with E-state index in [9.17, 15) is 8.78 Å². The molecule has 0 unspecified atom stereocenters. The molecular formula is C3H2Br4F2. The van der Waals surface area contributed by atoms with Crippen LogP contribution in [0.15, 0.2) is 0 Å². The van der Waals surface area contributed by atoms with Crippen LogP contribution in [0.25, 0.3) is 0 Å². The Morgan fingerprint density at radius 2 is 1.11 bits per heavy atom. The molecule has 0 heterocycles. The lowest BCUT2D eigenvalue weighted by molar-refractivity contribution is 0.319. The summed E-state index contributed by atoms with van der Waals surface area (Å²) < 4.78 is 21.1. The van der Waals surface area contributed by atoms with E-state index in [2.05, 4.69) is 63.7 Å². The highest BCUT2D eigenvalue weighted by Crippen LogP contribution is 2.44. The molecule has 0 aliphatic heterocycles. The second-order valence-corrected chi connectivity index (χ2v) is 8.56. The van der Waals surface area contributed by atoms with Crippen molar-refractivity contribution in [1.29, 1.82) is 0 Å². The van der Waals surface area contributed by atoms with Crippen LogP contribution in [-0.2, 0) is 0 Å². The van der Waals surface area contributed by atoms with Gasteiger partial charge < -0.3 is 0 Å². The Labute approximate surface area is 85.3 Å². The fourth-order valence-electron chi connectivity index (χ4n) is 0.227. The molecule has 0 saturated heterocycles. The Bertz CT molecular complexity index is 79.0. The predicted octanol–water partition coefficient (Wildman–Crippen LogP) is 4.20. The Hall–Kier alpha value is 1.78. The van der Waals surface area contributed by atoms with Gasteiger partial charge in [-0.15, -0.1) is 0 Å². The maximum atomic E-state index is 12.4. The van der Waals surface area contributed by atoms with Crippen LogP contribution in [0, 0.1) is 0 Å². The highest BCUT2D eigenvalue weighted by molar-refractivity contribution is 9.26. The largest absolute Gasteiger partial charge is 0.223 e. The van der Waals surface area contributed by atoms with Crippen molar-refractivity contribution in [3.63, 3.8) is 0 Å². The molecule has 0 rings (SSSR count). The third-order valence-corrected chi connectivity index (χ3v) is 1.52. The SMILES string of the molecule is FC(Br)(Br)CC(F)(Br)Br. The van der Waals surface area contributed by atoms with Crippen LogP contribution in [0.1, 0.15) is 6.42 Å². The number of hydrogen-bond donors (Lipinski definition) is 0. The predicted molar refractivity (Wildman–Crippen MR) is 48.0 cm³/mol. The van der Waals surface area contributed by atoms with Crippen molar-refractivity contribution in [2.75, 3.05) is 0 Å². The number of hydrogen-bond acceptors (Lipinski definition) is 0. The fourth-order valence-corrected chi connectivity index (χ4v) is 3.28. The molecular weight excluding hydrogens is 394 g/mol. The molecule has 0 saturated carbocycles. The number of halogens is 6. The molecule has 6 heteroatoms. The lowest BCUT2D eigenvalue weighted by atomic mass is 10.5. The average Bonchev–Trinajstić information content (AvgIpc) is 1.14. The topological polar surface area (TPSA) is 0 Å². The van der Waals surface area contributed by atoms with Gasteiger partial charge >= 0.3 is 0 Å². The molecule has 0 radical (unpaired) electrons. The van der Waals surface area contributed by atoms with Crippen molar-refractivity contribution in [2.45, 2.75) is 13.4 Å². The van der Waals surface area contributed by atoms with E-state index in [1.54, 1.807) is 0 Å². The van der Waals surface area contributed by atoms with E-state index in [1.165, 1.54) is 0 Å². The molecule has 0 spiro atoms. The zero-order valence-corrected chi connectivity index (χ0v) is 10.3. The summed E-state index contributed by atoms with van der Waals surface area (Å²) in [6.45, 7) is 0. The van der Waals surface area contributed by atoms with Crippen LogP contribution in [0.5, 0.6) is 0 Å². The molecule has 0 aromatic rings. The molecule has 0 bridgehead atoms. The lowest BCUT2D eigenvalue weighted by Gasteiger charge is -2.15. The quantitative estimate of drug-likeness (QED) is 0.615. The summed E-state index contributed by atoms with van der Waals surface area (Å²) in [4.78, 5) is 0. The van der Waals surface area contributed by atoms with E-state index in [4.69, 9.17) is 0 Å². The third kappa shape index (κ3) is 9.78. The van der Waals surface area contributed by atoms with Gasteiger partial charge in [-0.05, 0) is 63.7 Å². The normalized spacial score (nSPS) is 14.0. The molecule has 0 atom stereocenters. The highest BCUT2D eigenvalue weighted by atomic mass is 79.9. The van der Waals surface area contributed by atoms with Crippen molar-refractivity contribution < 1.29 is 8.78 Å². The minimum atomic E-state index is -1.86. The van der Waals surface area contributed by atoms with Crippen molar-refractivity contribution >= 4 is 63.7 Å². The molecule has 0 aromatic carbocycles. The van der Waals surface area contributed by atoms with Gasteiger partial charge in [0.25, 0.3) is 0 Å². The van der Waals surface area contributed by atoms with Crippen LogP contribution in [0.4, 0.5) is 8.78 Å². The molecule has 0 aliphatic carbocycles. The van der Waals surface area contributed by atoms with Gasteiger partial charge in [-0.1, -0.05) is 0 Å². The van der Waals surface area contributed by atoms with Gasteiger partial charge in [-0.3, -0.25) is 0 Å². The first kappa shape index (κ1) is 10.8. The van der Waals surface area contributed by atoms with Gasteiger partial charge in [0.1, 0.15) is 0 Å². The molecule has 0 aromatic heterocycles. The molecule has 9 heavy (non-hydrogen) atoms. The van der Waals surface area contributed by atoms with E-state index in [-0.39, 0.29) is 6.42 Å². The molecule has 56 valence electrons. The second-order valence-electron chi connectivity index (χ2n) is 1.41. The third-order valence-electron chi connectivity index (χ3n) is 0.401. The smallest absolute Gasteiger partial charge is 0.218 e. The second kappa shape index (κ2) is 3.45. The van der Waals surface area contributed by atoms with Gasteiger partial charge in [0.15, 0.2) is 0 Å². The molecule has 0 fully saturated rings. The molecule has 0 aliphatic rings. The highest BCUT2D eigenvalue weighted by Gasteiger charge is 2.34. The fraction of sp³-hybridized carbons (Fsp3) is 1.00. The Morgan fingerprint density at radius 3 is 1.11 bits per heavy atom. The summed E-state index contributed by atoms with van der Waals surface area (Å²) in [7, 11) is 0. The van der Waals surface area contributed by atoms with Gasteiger partial charge in [-0.25, -0.2) is 8.78 Å². The van der Waals surface area contributed by atoms with E-state index in [0.29, 0.717) is 0 Å². The summed E-state index contributed by atoms with van der Waals surface area (Å²) in [5, 5.41) is 0. The van der Waals surface area contributed by atoms with Crippen LogP contribution in [-0.4, -0.2) is 6.97 Å². The van der Waals surface area contributed by atoms with Gasteiger partial charge in [0.05, 0.1) is 6.42 Å². The summed E-state index contributed by atoms with van der Waals surface area (Å²) in [6.07, 6.45) is -0.375. The molecule has 0 N–H and O–H groups in total. The first-order chi connectivity index (χ1) is 3.71. The summed E-state index contributed by atoms with van der Waals surface area (Å²) in [6, 6.07) is 0. The molecule has 0 nitrogen and oxygen atoms in total. The van der Waals surface area contributed by atoms with E-state index < -0.39 is 6.97 Å². The van der Waals surface area contributed by atoms with E-state index in [1.807, 2.05) is 0 Å². The minimum Gasteiger partial charge on any atom is -0.218 e. The van der Waals surface area contributed by atoms with Gasteiger partial charge in [0, 0.05) is 0 Å².